The normalized spacial score (nSPS) is 10.8. The number of halogens is 2. The second-order valence-corrected chi connectivity index (χ2v) is 7.14. The van der Waals surface area contributed by atoms with Crippen molar-refractivity contribution < 1.29 is 9.47 Å². The van der Waals surface area contributed by atoms with E-state index in [1.807, 2.05) is 43.3 Å². The Balaban J connectivity index is 1.90. The van der Waals surface area contributed by atoms with Crippen molar-refractivity contribution in [3.63, 3.8) is 0 Å². The van der Waals surface area contributed by atoms with Crippen molar-refractivity contribution in [2.45, 2.75) is 20.1 Å². The second kappa shape index (κ2) is 8.69. The van der Waals surface area contributed by atoms with Crippen LogP contribution in [0.2, 0.25) is 5.02 Å². The number of aromatic nitrogens is 2. The summed E-state index contributed by atoms with van der Waals surface area (Å²) < 4.78 is 12.6. The first-order valence-electron chi connectivity index (χ1n) is 8.24. The molecule has 5 nitrogen and oxygen atoms in total. The predicted octanol–water partition coefficient (Wildman–Crippen LogP) is 4.68. The lowest BCUT2D eigenvalue weighted by Gasteiger charge is -2.14. The molecule has 0 unspecified atom stereocenters. The maximum atomic E-state index is 12.8. The van der Waals surface area contributed by atoms with Crippen LogP contribution in [0.25, 0.3) is 5.69 Å². The Morgan fingerprint density at radius 3 is 2.48 bits per heavy atom. The smallest absolute Gasteiger partial charge is 0.289 e. The van der Waals surface area contributed by atoms with E-state index in [4.69, 9.17) is 21.1 Å². The fourth-order valence-corrected chi connectivity index (χ4v) is 3.41. The highest BCUT2D eigenvalue weighted by Gasteiger charge is 2.15. The van der Waals surface area contributed by atoms with Crippen LogP contribution in [0.1, 0.15) is 16.7 Å². The fraction of sp³-hybridized carbons (Fsp3) is 0.200. The standard InChI is InChI=1S/C20H18BrClN2O3/c1-13-6-5-9-16(22)19(13)24-20(25)18(21)17(10-23-24)27-12-15-8-4-3-7-14(15)11-26-2/h3-10H,11-12H2,1-2H3. The van der Waals surface area contributed by atoms with Crippen LogP contribution in [0.3, 0.4) is 0 Å². The third-order valence-electron chi connectivity index (χ3n) is 4.09. The van der Waals surface area contributed by atoms with E-state index in [9.17, 15) is 4.79 Å². The van der Waals surface area contributed by atoms with Gasteiger partial charge in [-0.1, -0.05) is 48.0 Å². The SMILES string of the molecule is COCc1ccccc1COc1cnn(-c2c(C)cccc2Cl)c(=O)c1Br. The van der Waals surface area contributed by atoms with E-state index in [1.165, 1.54) is 10.9 Å². The molecule has 0 saturated carbocycles. The molecule has 0 radical (unpaired) electrons. The number of rotatable bonds is 6. The molecule has 0 N–H and O–H groups in total. The summed E-state index contributed by atoms with van der Waals surface area (Å²) in [5.41, 5.74) is 3.09. The topological polar surface area (TPSA) is 53.4 Å². The minimum absolute atomic E-state index is 0.293. The van der Waals surface area contributed by atoms with Gasteiger partial charge < -0.3 is 9.47 Å². The lowest BCUT2D eigenvalue weighted by molar-refractivity contribution is 0.182. The number of nitrogens with zero attached hydrogens (tertiary/aromatic N) is 2. The Morgan fingerprint density at radius 1 is 1.11 bits per heavy atom. The molecule has 0 fully saturated rings. The van der Waals surface area contributed by atoms with E-state index in [2.05, 4.69) is 21.0 Å². The van der Waals surface area contributed by atoms with E-state index in [1.54, 1.807) is 13.2 Å². The Morgan fingerprint density at radius 2 is 1.81 bits per heavy atom. The van der Waals surface area contributed by atoms with Gasteiger partial charge in [0.15, 0.2) is 5.75 Å². The summed E-state index contributed by atoms with van der Waals surface area (Å²) in [5.74, 6) is 0.369. The Labute approximate surface area is 170 Å². The summed E-state index contributed by atoms with van der Waals surface area (Å²) in [6.07, 6.45) is 1.51. The molecular formula is C20H18BrClN2O3. The summed E-state index contributed by atoms with van der Waals surface area (Å²) in [6.45, 7) is 2.67. The molecule has 1 heterocycles. The molecule has 0 spiro atoms. The van der Waals surface area contributed by atoms with Gasteiger partial charge in [0.05, 0.1) is 23.5 Å². The average molecular weight is 450 g/mol. The number of para-hydroxylation sites is 1. The zero-order chi connectivity index (χ0) is 19.4. The average Bonchev–Trinajstić information content (AvgIpc) is 2.65. The van der Waals surface area contributed by atoms with Crippen LogP contribution in [0.5, 0.6) is 5.75 Å². The van der Waals surface area contributed by atoms with Crippen LogP contribution in [-0.2, 0) is 18.0 Å². The largest absolute Gasteiger partial charge is 0.486 e. The van der Waals surface area contributed by atoms with Crippen molar-refractivity contribution in [3.8, 4) is 11.4 Å². The number of benzene rings is 2. The fourth-order valence-electron chi connectivity index (χ4n) is 2.72. The Kier molecular flexibility index (Phi) is 6.31. The summed E-state index contributed by atoms with van der Waals surface area (Å²) in [4.78, 5) is 12.8. The van der Waals surface area contributed by atoms with Gasteiger partial charge in [-0.3, -0.25) is 4.79 Å². The molecule has 3 aromatic rings. The second-order valence-electron chi connectivity index (χ2n) is 5.94. The summed E-state index contributed by atoms with van der Waals surface area (Å²) in [6, 6.07) is 13.3. The van der Waals surface area contributed by atoms with E-state index >= 15 is 0 Å². The van der Waals surface area contributed by atoms with Gasteiger partial charge in [-0.15, -0.1) is 0 Å². The number of ether oxygens (including phenoxy) is 2. The van der Waals surface area contributed by atoms with E-state index in [-0.39, 0.29) is 5.56 Å². The third-order valence-corrected chi connectivity index (χ3v) is 5.12. The van der Waals surface area contributed by atoms with Crippen molar-refractivity contribution >= 4 is 27.5 Å². The first-order valence-corrected chi connectivity index (χ1v) is 9.42. The molecule has 7 heteroatoms. The van der Waals surface area contributed by atoms with Crippen molar-refractivity contribution in [1.82, 2.24) is 9.78 Å². The Bertz CT molecular complexity index is 1000. The van der Waals surface area contributed by atoms with Gasteiger partial charge in [-0.2, -0.15) is 9.78 Å². The van der Waals surface area contributed by atoms with Crippen molar-refractivity contribution in [3.05, 3.63) is 85.2 Å². The molecule has 0 bridgehead atoms. The van der Waals surface area contributed by atoms with Crippen LogP contribution >= 0.6 is 27.5 Å². The van der Waals surface area contributed by atoms with Crippen LogP contribution in [0.15, 0.2) is 57.9 Å². The van der Waals surface area contributed by atoms with Crippen LogP contribution in [-0.4, -0.2) is 16.9 Å². The van der Waals surface area contributed by atoms with Crippen LogP contribution in [0, 0.1) is 6.92 Å². The van der Waals surface area contributed by atoms with Crippen LogP contribution in [0.4, 0.5) is 0 Å². The molecule has 0 aliphatic heterocycles. The van der Waals surface area contributed by atoms with Gasteiger partial charge in [0.25, 0.3) is 5.56 Å². The first kappa shape index (κ1) is 19.6. The van der Waals surface area contributed by atoms with Gasteiger partial charge in [-0.25, -0.2) is 0 Å². The van der Waals surface area contributed by atoms with E-state index < -0.39 is 0 Å². The van der Waals surface area contributed by atoms with Gasteiger partial charge >= 0.3 is 0 Å². The number of hydrogen-bond acceptors (Lipinski definition) is 4. The number of methoxy groups -OCH3 is 1. The maximum absolute atomic E-state index is 12.8. The van der Waals surface area contributed by atoms with Gasteiger partial charge in [-0.05, 0) is 45.6 Å². The highest BCUT2D eigenvalue weighted by molar-refractivity contribution is 9.10. The summed E-state index contributed by atoms with van der Waals surface area (Å²) in [7, 11) is 1.65. The monoisotopic (exact) mass is 448 g/mol. The number of aryl methyl sites for hydroxylation is 1. The maximum Gasteiger partial charge on any atom is 0.289 e. The van der Waals surface area contributed by atoms with Crippen molar-refractivity contribution in [2.75, 3.05) is 7.11 Å². The highest BCUT2D eigenvalue weighted by atomic mass is 79.9. The molecule has 0 atom stereocenters. The first-order chi connectivity index (χ1) is 13.0. The van der Waals surface area contributed by atoms with Gasteiger partial charge in [0, 0.05) is 7.11 Å². The minimum Gasteiger partial charge on any atom is -0.486 e. The van der Waals surface area contributed by atoms with Crippen LogP contribution < -0.4 is 10.3 Å². The predicted molar refractivity (Wildman–Crippen MR) is 109 cm³/mol. The lowest BCUT2D eigenvalue weighted by Crippen LogP contribution is -2.23. The van der Waals surface area contributed by atoms with E-state index in [0.717, 1.165) is 16.7 Å². The molecule has 0 amide bonds. The molecule has 0 saturated heterocycles. The number of hydrogen-bond donors (Lipinski definition) is 0. The van der Waals surface area contributed by atoms with E-state index in [0.29, 0.717) is 34.1 Å². The third kappa shape index (κ3) is 4.24. The molecule has 3 rings (SSSR count). The lowest BCUT2D eigenvalue weighted by atomic mass is 10.1. The summed E-state index contributed by atoms with van der Waals surface area (Å²) in [5, 5.41) is 4.70. The highest BCUT2D eigenvalue weighted by Crippen LogP contribution is 2.26. The van der Waals surface area contributed by atoms with Gasteiger partial charge in [0.1, 0.15) is 11.1 Å². The molecule has 1 aromatic heterocycles. The molecule has 2 aromatic carbocycles. The zero-order valence-electron chi connectivity index (χ0n) is 14.9. The van der Waals surface area contributed by atoms with Crippen molar-refractivity contribution in [1.29, 1.82) is 0 Å². The van der Waals surface area contributed by atoms with Gasteiger partial charge in [0.2, 0.25) is 0 Å². The summed E-state index contributed by atoms with van der Waals surface area (Å²) >= 11 is 9.59. The molecular weight excluding hydrogens is 432 g/mol. The Hall–Kier alpha value is -2.15. The zero-order valence-corrected chi connectivity index (χ0v) is 17.3. The molecule has 0 aliphatic carbocycles. The quantitative estimate of drug-likeness (QED) is 0.548. The molecule has 27 heavy (non-hydrogen) atoms. The molecule has 0 aliphatic rings. The van der Waals surface area contributed by atoms with Crippen molar-refractivity contribution in [2.24, 2.45) is 0 Å². The molecule has 140 valence electrons. The minimum atomic E-state index is -0.339.